The van der Waals surface area contributed by atoms with E-state index in [1.54, 1.807) is 0 Å². The van der Waals surface area contributed by atoms with E-state index in [1.165, 1.54) is 7.11 Å². The molecule has 0 aromatic carbocycles. The zero-order valence-corrected chi connectivity index (χ0v) is 6.03. The van der Waals surface area contributed by atoms with E-state index in [9.17, 15) is 9.59 Å². The summed E-state index contributed by atoms with van der Waals surface area (Å²) in [6.45, 7) is -0.433. The number of ether oxygens (including phenoxy) is 1. The number of primary amides is 1. The maximum absolute atomic E-state index is 10.5. The van der Waals surface area contributed by atoms with Gasteiger partial charge in [0.15, 0.2) is 0 Å². The van der Waals surface area contributed by atoms with Gasteiger partial charge in [0.2, 0.25) is 5.54 Å². The number of carbonyl (C=O) groups is 2. The molecule has 0 bridgehead atoms. The summed E-state index contributed by atoms with van der Waals surface area (Å²) in [4.78, 5) is 20.8. The van der Waals surface area contributed by atoms with Gasteiger partial charge in [0.05, 0.1) is 6.61 Å². The summed E-state index contributed by atoms with van der Waals surface area (Å²) >= 11 is 0. The van der Waals surface area contributed by atoms with Gasteiger partial charge in [-0.25, -0.2) is 4.79 Å². The van der Waals surface area contributed by atoms with Gasteiger partial charge >= 0.3 is 5.97 Å². The van der Waals surface area contributed by atoms with E-state index in [2.05, 4.69) is 4.74 Å². The van der Waals surface area contributed by atoms with E-state index in [1.807, 2.05) is 0 Å². The molecule has 11 heavy (non-hydrogen) atoms. The predicted octanol–water partition coefficient (Wildman–Crippen LogP) is -2.10. The number of aliphatic carboxylic acids is 1. The quantitative estimate of drug-likeness (QED) is 0.409. The van der Waals surface area contributed by atoms with E-state index >= 15 is 0 Å². The van der Waals surface area contributed by atoms with Crippen LogP contribution in [-0.4, -0.2) is 36.2 Å². The van der Waals surface area contributed by atoms with E-state index < -0.39 is 24.0 Å². The number of carboxylic acids is 1. The van der Waals surface area contributed by atoms with E-state index in [4.69, 9.17) is 16.6 Å². The molecule has 6 heteroatoms. The van der Waals surface area contributed by atoms with Gasteiger partial charge in [0.1, 0.15) is 0 Å². The molecule has 0 saturated heterocycles. The highest BCUT2D eigenvalue weighted by atomic mass is 16.5. The van der Waals surface area contributed by atoms with Crippen molar-refractivity contribution >= 4 is 11.9 Å². The normalized spacial score (nSPS) is 15.5. The number of carbonyl (C=O) groups excluding carboxylic acids is 1. The van der Waals surface area contributed by atoms with Crippen LogP contribution < -0.4 is 11.5 Å². The maximum atomic E-state index is 10.5. The fourth-order valence-corrected chi connectivity index (χ4v) is 0.466. The van der Waals surface area contributed by atoms with Crippen molar-refractivity contribution < 1.29 is 19.4 Å². The zero-order chi connectivity index (χ0) is 9.07. The van der Waals surface area contributed by atoms with Crippen LogP contribution in [-0.2, 0) is 14.3 Å². The molecule has 0 heterocycles. The summed E-state index contributed by atoms with van der Waals surface area (Å²) in [5, 5.41) is 8.43. The van der Waals surface area contributed by atoms with E-state index in [-0.39, 0.29) is 0 Å². The van der Waals surface area contributed by atoms with Crippen LogP contribution in [0.4, 0.5) is 0 Å². The standard InChI is InChI=1S/C5H10N2O4/c1-11-2-5(7,3(6)8)4(9)10/h2,7H2,1H3,(H2,6,8)(H,9,10). The Hall–Kier alpha value is -1.14. The number of amides is 1. The van der Waals surface area contributed by atoms with Crippen molar-refractivity contribution in [3.05, 3.63) is 0 Å². The minimum atomic E-state index is -2.12. The van der Waals surface area contributed by atoms with Crippen molar-refractivity contribution in [2.75, 3.05) is 13.7 Å². The lowest BCUT2D eigenvalue weighted by Gasteiger charge is -2.18. The molecule has 6 nitrogen and oxygen atoms in total. The Balaban J connectivity index is 4.52. The maximum Gasteiger partial charge on any atom is 0.335 e. The van der Waals surface area contributed by atoms with Crippen molar-refractivity contribution in [3.8, 4) is 0 Å². The van der Waals surface area contributed by atoms with Crippen LogP contribution in [0.25, 0.3) is 0 Å². The zero-order valence-electron chi connectivity index (χ0n) is 6.03. The first kappa shape index (κ1) is 9.86. The molecule has 0 aromatic rings. The molecular formula is C5H10N2O4. The van der Waals surface area contributed by atoms with Gasteiger partial charge in [-0.3, -0.25) is 4.79 Å². The minimum Gasteiger partial charge on any atom is -0.479 e. The highest BCUT2D eigenvalue weighted by Crippen LogP contribution is 1.99. The molecule has 64 valence electrons. The lowest BCUT2D eigenvalue weighted by molar-refractivity contribution is -0.150. The number of methoxy groups -OCH3 is 1. The predicted molar refractivity (Wildman–Crippen MR) is 35.6 cm³/mol. The van der Waals surface area contributed by atoms with Gasteiger partial charge in [0.25, 0.3) is 5.91 Å². The molecule has 0 radical (unpaired) electrons. The van der Waals surface area contributed by atoms with Crippen LogP contribution in [0, 0.1) is 0 Å². The van der Waals surface area contributed by atoms with Crippen LogP contribution in [0.5, 0.6) is 0 Å². The van der Waals surface area contributed by atoms with Crippen molar-refractivity contribution in [1.29, 1.82) is 0 Å². The molecule has 5 N–H and O–H groups in total. The molecule has 1 atom stereocenters. The molecule has 0 aromatic heterocycles. The van der Waals surface area contributed by atoms with E-state index in [0.29, 0.717) is 0 Å². The molecule has 1 amide bonds. The average molecular weight is 162 g/mol. The van der Waals surface area contributed by atoms with Crippen molar-refractivity contribution in [2.45, 2.75) is 5.54 Å². The Labute approximate surface area is 63.1 Å². The van der Waals surface area contributed by atoms with Gasteiger partial charge in [-0.15, -0.1) is 0 Å². The monoisotopic (exact) mass is 162 g/mol. The molecule has 0 fully saturated rings. The molecule has 0 rings (SSSR count). The fourth-order valence-electron chi connectivity index (χ4n) is 0.466. The van der Waals surface area contributed by atoms with Gasteiger partial charge in [-0.1, -0.05) is 0 Å². The van der Waals surface area contributed by atoms with Gasteiger partial charge in [-0.05, 0) is 0 Å². The molecule has 0 spiro atoms. The molecule has 0 aliphatic heterocycles. The van der Waals surface area contributed by atoms with E-state index in [0.717, 1.165) is 0 Å². The van der Waals surface area contributed by atoms with Crippen LogP contribution in [0.15, 0.2) is 0 Å². The largest absolute Gasteiger partial charge is 0.479 e. The molecule has 0 aliphatic carbocycles. The van der Waals surface area contributed by atoms with Crippen LogP contribution in [0.3, 0.4) is 0 Å². The molecule has 0 aliphatic rings. The summed E-state index contributed by atoms with van der Waals surface area (Å²) in [7, 11) is 1.23. The Bertz CT molecular complexity index is 165. The third-order valence-corrected chi connectivity index (χ3v) is 1.19. The first-order valence-corrected chi connectivity index (χ1v) is 2.76. The van der Waals surface area contributed by atoms with Crippen molar-refractivity contribution in [3.63, 3.8) is 0 Å². The number of carboxylic acid groups (broad SMARTS) is 1. The number of hydrogen-bond acceptors (Lipinski definition) is 4. The number of hydrogen-bond donors (Lipinski definition) is 3. The Kier molecular flexibility index (Phi) is 2.97. The second kappa shape index (κ2) is 3.31. The van der Waals surface area contributed by atoms with Gasteiger partial charge < -0.3 is 21.3 Å². The summed E-state index contributed by atoms with van der Waals surface area (Å²) < 4.78 is 4.42. The third kappa shape index (κ3) is 1.89. The van der Waals surface area contributed by atoms with Crippen LogP contribution in [0.1, 0.15) is 0 Å². The highest BCUT2D eigenvalue weighted by molar-refractivity contribution is 6.05. The summed E-state index contributed by atoms with van der Waals surface area (Å²) in [5.41, 5.74) is 7.71. The summed E-state index contributed by atoms with van der Waals surface area (Å²) in [6.07, 6.45) is 0. The SMILES string of the molecule is COCC(N)(C(N)=O)C(=O)O. The molecular weight excluding hydrogens is 152 g/mol. The molecule has 0 saturated carbocycles. The fraction of sp³-hybridized carbons (Fsp3) is 0.600. The Morgan fingerprint density at radius 3 is 2.18 bits per heavy atom. The highest BCUT2D eigenvalue weighted by Gasteiger charge is 2.40. The third-order valence-electron chi connectivity index (χ3n) is 1.19. The molecule has 1 unspecified atom stereocenters. The summed E-state index contributed by atoms with van der Waals surface area (Å²) in [5.74, 6) is -2.61. The lowest BCUT2D eigenvalue weighted by atomic mass is 10.0. The average Bonchev–Trinajstić information content (AvgIpc) is 1.87. The van der Waals surface area contributed by atoms with Crippen molar-refractivity contribution in [2.24, 2.45) is 11.5 Å². The van der Waals surface area contributed by atoms with Crippen LogP contribution in [0.2, 0.25) is 0 Å². The van der Waals surface area contributed by atoms with Gasteiger partial charge in [0, 0.05) is 7.11 Å². The van der Waals surface area contributed by atoms with Crippen molar-refractivity contribution in [1.82, 2.24) is 0 Å². The number of rotatable bonds is 4. The Morgan fingerprint density at radius 2 is 2.09 bits per heavy atom. The minimum absolute atomic E-state index is 0.433. The first-order chi connectivity index (χ1) is 4.95. The smallest absolute Gasteiger partial charge is 0.335 e. The second-order valence-electron chi connectivity index (χ2n) is 2.07. The first-order valence-electron chi connectivity index (χ1n) is 2.76. The second-order valence-corrected chi connectivity index (χ2v) is 2.07. The lowest BCUT2D eigenvalue weighted by Crippen LogP contribution is -2.61. The summed E-state index contributed by atoms with van der Waals surface area (Å²) in [6, 6.07) is 0. The Morgan fingerprint density at radius 1 is 1.64 bits per heavy atom. The number of nitrogens with two attached hydrogens (primary N) is 2. The van der Waals surface area contributed by atoms with Gasteiger partial charge in [-0.2, -0.15) is 0 Å². The topological polar surface area (TPSA) is 116 Å². The van der Waals surface area contributed by atoms with Crippen LogP contribution >= 0.6 is 0 Å².